The number of methoxy groups -OCH3 is 1. The van der Waals surface area contributed by atoms with E-state index in [9.17, 15) is 19.8 Å². The summed E-state index contributed by atoms with van der Waals surface area (Å²) in [7, 11) is 7.41. The quantitative estimate of drug-likeness (QED) is 0.312. The van der Waals surface area contributed by atoms with Crippen molar-refractivity contribution in [1.82, 2.24) is 15.1 Å². The zero-order chi connectivity index (χ0) is 42.6. The van der Waals surface area contributed by atoms with E-state index in [1.54, 1.807) is 39.8 Å². The Morgan fingerprint density at radius 2 is 1.61 bits per heavy atom. The van der Waals surface area contributed by atoms with Crippen molar-refractivity contribution < 1.29 is 48.2 Å². The van der Waals surface area contributed by atoms with Crippen LogP contribution in [-0.2, 0) is 39.7 Å². The minimum absolute atomic E-state index is 0.0697. The van der Waals surface area contributed by atoms with Crippen LogP contribution in [0.5, 0.6) is 5.75 Å². The van der Waals surface area contributed by atoms with Crippen LogP contribution in [0.25, 0.3) is 0 Å². The fourth-order valence-corrected chi connectivity index (χ4v) is 9.03. The predicted octanol–water partition coefficient (Wildman–Crippen LogP) is 4.93. The van der Waals surface area contributed by atoms with Crippen LogP contribution < -0.4 is 10.1 Å². The second-order valence-corrected chi connectivity index (χ2v) is 19.1. The second-order valence-electron chi connectivity index (χ2n) is 19.1. The second kappa shape index (κ2) is 19.4. The molecule has 0 bridgehead atoms. The Kier molecular flexibility index (Phi) is 16.1. The van der Waals surface area contributed by atoms with E-state index in [0.29, 0.717) is 25.8 Å². The van der Waals surface area contributed by atoms with Gasteiger partial charge in [0.25, 0.3) is 0 Å². The van der Waals surface area contributed by atoms with Gasteiger partial charge in [0.2, 0.25) is 11.8 Å². The number of rotatable bonds is 9. The molecule has 1 aromatic rings. The van der Waals surface area contributed by atoms with E-state index in [4.69, 9.17) is 28.4 Å². The van der Waals surface area contributed by atoms with Crippen molar-refractivity contribution in [2.75, 3.05) is 34.8 Å². The lowest BCUT2D eigenvalue weighted by Gasteiger charge is -2.48. The van der Waals surface area contributed by atoms with E-state index in [2.05, 4.69) is 10.2 Å². The molecule has 13 heteroatoms. The first-order valence-electron chi connectivity index (χ1n) is 21.0. The molecule has 3 saturated heterocycles. The lowest BCUT2D eigenvalue weighted by molar-refractivity contribution is -0.307. The molecule has 0 aromatic heterocycles. The topological polar surface area (TPSA) is 148 Å². The molecule has 13 nitrogen and oxygen atoms in total. The maximum absolute atomic E-state index is 14.6. The summed E-state index contributed by atoms with van der Waals surface area (Å²) in [5.41, 5.74) is -1.79. The highest BCUT2D eigenvalue weighted by atomic mass is 16.7. The maximum Gasteiger partial charge on any atom is 0.225 e. The zero-order valence-electron chi connectivity index (χ0n) is 37.2. The molecule has 3 N–H and O–H groups in total. The van der Waals surface area contributed by atoms with E-state index in [0.717, 1.165) is 17.7 Å². The van der Waals surface area contributed by atoms with E-state index in [-0.39, 0.29) is 48.3 Å². The summed E-state index contributed by atoms with van der Waals surface area (Å²) >= 11 is 0. The van der Waals surface area contributed by atoms with Gasteiger partial charge in [-0.1, -0.05) is 32.9 Å². The number of carbonyl (C=O) groups excluding carboxylic acids is 2. The molecular weight excluding hydrogens is 730 g/mol. The van der Waals surface area contributed by atoms with Crippen LogP contribution in [0.1, 0.15) is 107 Å². The van der Waals surface area contributed by atoms with Crippen molar-refractivity contribution in [3.05, 3.63) is 29.8 Å². The van der Waals surface area contributed by atoms with Crippen molar-refractivity contribution in [1.29, 1.82) is 0 Å². The Bertz CT molecular complexity index is 1450. The Hall–Kier alpha value is -2.36. The molecule has 1 unspecified atom stereocenters. The van der Waals surface area contributed by atoms with Gasteiger partial charge in [0.1, 0.15) is 17.5 Å². The fourth-order valence-electron chi connectivity index (χ4n) is 9.03. The molecule has 3 fully saturated rings. The minimum atomic E-state index is -1.42. The molecule has 3 aliphatic rings. The van der Waals surface area contributed by atoms with Crippen LogP contribution in [0.3, 0.4) is 0 Å². The number of benzene rings is 1. The summed E-state index contributed by atoms with van der Waals surface area (Å²) < 4.78 is 38.2. The standard InChI is InChI=1S/C44H75N3O10/c1-26-23-43(9,51)40(56-36-22-33(46(11)12)19-27(2)53-36)28(3)38(55-37-24-44(10,52-14)39(49)30(5)54-37)29(4)41(50)45-32(21-35(48)47(13)25-26)20-31-15-17-34(18-16-31)57-42(6,7)8/h15-18,26-30,32-33,36-40,49,51H,19-25H2,1-14H3,(H,45,50)/t26-,27-,28+,29-,30+,32?,33+,36+,37+,38+,39+,40-,43-,44-/m1/s1. The van der Waals surface area contributed by atoms with Gasteiger partial charge < -0.3 is 53.8 Å². The predicted molar refractivity (Wildman–Crippen MR) is 219 cm³/mol. The molecule has 14 atom stereocenters. The van der Waals surface area contributed by atoms with Gasteiger partial charge in [-0.25, -0.2) is 0 Å². The van der Waals surface area contributed by atoms with Gasteiger partial charge >= 0.3 is 0 Å². The van der Waals surface area contributed by atoms with Crippen LogP contribution in [-0.4, -0.2) is 139 Å². The number of aliphatic hydroxyl groups excluding tert-OH is 1. The van der Waals surface area contributed by atoms with Crippen molar-refractivity contribution in [2.45, 2.75) is 180 Å². The third kappa shape index (κ3) is 12.8. The number of hydrogen-bond acceptors (Lipinski definition) is 11. The number of aliphatic hydroxyl groups is 2. The molecule has 0 aliphatic carbocycles. The van der Waals surface area contributed by atoms with Crippen molar-refractivity contribution in [3.8, 4) is 5.75 Å². The first-order valence-corrected chi connectivity index (χ1v) is 21.0. The van der Waals surface area contributed by atoms with Crippen LogP contribution in [0.4, 0.5) is 0 Å². The largest absolute Gasteiger partial charge is 0.488 e. The molecule has 4 rings (SSSR count). The normalized spacial score (nSPS) is 39.4. The summed E-state index contributed by atoms with van der Waals surface area (Å²) in [6.07, 6.45) is -2.27. The number of nitrogens with one attached hydrogen (secondary N) is 1. The Morgan fingerprint density at radius 1 is 0.965 bits per heavy atom. The van der Waals surface area contributed by atoms with Crippen LogP contribution in [0, 0.1) is 17.8 Å². The number of nitrogens with zero attached hydrogens (tertiary/aromatic N) is 2. The highest BCUT2D eigenvalue weighted by molar-refractivity contribution is 5.81. The van der Waals surface area contributed by atoms with E-state index in [1.807, 2.05) is 86.8 Å². The highest BCUT2D eigenvalue weighted by Gasteiger charge is 2.50. The molecular formula is C44H75N3O10. The molecule has 3 aliphatic heterocycles. The molecule has 2 amide bonds. The summed E-state index contributed by atoms with van der Waals surface area (Å²) in [6.45, 7) is 19.5. The van der Waals surface area contributed by atoms with Gasteiger partial charge in [0.05, 0.1) is 41.5 Å². The number of amides is 2. The Labute approximate surface area is 342 Å². The summed E-state index contributed by atoms with van der Waals surface area (Å²) in [5.74, 6) is -1.15. The SMILES string of the molecule is CO[C@]1(C)C[C@H](O[C@H]2[C@H](C)[C@@H](O[C@H]3C[C@@H](N(C)C)C[C@@H](C)O3)[C@](C)(O)C[C@@H](C)CN(C)C(=O)CC(Cc3ccc(OC(C)(C)C)cc3)NC(=O)[C@@H]2C)O[C@@H](C)[C@@H]1O. The molecule has 0 saturated carbocycles. The van der Waals surface area contributed by atoms with Gasteiger partial charge in [0, 0.05) is 58.0 Å². The number of ether oxygens (including phenoxy) is 6. The molecule has 3 heterocycles. The molecule has 1 aromatic carbocycles. The third-order valence-corrected chi connectivity index (χ3v) is 12.2. The van der Waals surface area contributed by atoms with Crippen molar-refractivity contribution >= 4 is 11.8 Å². The first-order chi connectivity index (χ1) is 26.4. The lowest BCUT2D eigenvalue weighted by Crippen LogP contribution is -2.59. The molecule has 326 valence electrons. The van der Waals surface area contributed by atoms with Gasteiger partial charge in [0.15, 0.2) is 12.6 Å². The van der Waals surface area contributed by atoms with Gasteiger partial charge in [-0.15, -0.1) is 0 Å². The summed E-state index contributed by atoms with van der Waals surface area (Å²) in [4.78, 5) is 32.3. The molecule has 57 heavy (non-hydrogen) atoms. The average Bonchev–Trinajstić information content (AvgIpc) is 3.10. The van der Waals surface area contributed by atoms with Crippen LogP contribution in [0.15, 0.2) is 24.3 Å². The Balaban J connectivity index is 1.74. The molecule has 0 radical (unpaired) electrons. The van der Waals surface area contributed by atoms with E-state index in [1.165, 1.54) is 0 Å². The van der Waals surface area contributed by atoms with Gasteiger partial charge in [-0.2, -0.15) is 0 Å². The van der Waals surface area contributed by atoms with E-state index < -0.39 is 66.1 Å². The average molecular weight is 806 g/mol. The third-order valence-electron chi connectivity index (χ3n) is 12.2. The minimum Gasteiger partial charge on any atom is -0.488 e. The smallest absolute Gasteiger partial charge is 0.225 e. The highest BCUT2D eigenvalue weighted by Crippen LogP contribution is 2.39. The number of carbonyl (C=O) groups is 2. The fraction of sp³-hybridized carbons (Fsp3) is 0.818. The monoisotopic (exact) mass is 806 g/mol. The lowest BCUT2D eigenvalue weighted by atomic mass is 9.77. The Morgan fingerprint density at radius 3 is 2.21 bits per heavy atom. The first kappa shape index (κ1) is 47.3. The summed E-state index contributed by atoms with van der Waals surface area (Å²) in [6, 6.07) is 7.44. The molecule has 0 spiro atoms. The summed E-state index contributed by atoms with van der Waals surface area (Å²) in [5, 5.41) is 26.7. The van der Waals surface area contributed by atoms with Crippen molar-refractivity contribution in [2.24, 2.45) is 17.8 Å². The zero-order valence-corrected chi connectivity index (χ0v) is 37.2. The van der Waals surface area contributed by atoms with Crippen LogP contribution in [0.2, 0.25) is 0 Å². The van der Waals surface area contributed by atoms with Crippen molar-refractivity contribution in [3.63, 3.8) is 0 Å². The number of hydrogen-bond donors (Lipinski definition) is 3. The maximum atomic E-state index is 14.6. The van der Waals surface area contributed by atoms with E-state index >= 15 is 0 Å². The van der Waals surface area contributed by atoms with Gasteiger partial charge in [-0.3, -0.25) is 9.59 Å². The van der Waals surface area contributed by atoms with Crippen LogP contribution >= 0.6 is 0 Å². The van der Waals surface area contributed by atoms with Gasteiger partial charge in [-0.05, 0) is 105 Å².